The minimum atomic E-state index is -1.13. The van der Waals surface area contributed by atoms with Gasteiger partial charge in [-0.2, -0.15) is 0 Å². The van der Waals surface area contributed by atoms with E-state index in [4.69, 9.17) is 5.11 Å². The van der Waals surface area contributed by atoms with E-state index in [1.807, 2.05) is 0 Å². The van der Waals surface area contributed by atoms with Gasteiger partial charge in [0.2, 0.25) is 0 Å². The summed E-state index contributed by atoms with van der Waals surface area (Å²) in [7, 11) is 1.52. The van der Waals surface area contributed by atoms with Gasteiger partial charge in [0, 0.05) is 18.1 Å². The Morgan fingerprint density at radius 2 is 2.11 bits per heavy atom. The Morgan fingerprint density at radius 1 is 1.47 bits per heavy atom. The average molecular weight is 331 g/mol. The molecule has 0 fully saturated rings. The molecule has 0 heterocycles. The average Bonchev–Trinajstić information content (AvgIpc) is 2.30. The molecule has 2 amide bonds. The third kappa shape index (κ3) is 4.53. The zero-order chi connectivity index (χ0) is 14.6. The molecule has 19 heavy (non-hydrogen) atoms. The third-order valence-corrected chi connectivity index (χ3v) is 2.83. The molecule has 1 rings (SSSR count). The van der Waals surface area contributed by atoms with E-state index in [0.29, 0.717) is 4.47 Å². The lowest BCUT2D eigenvalue weighted by molar-refractivity contribution is 0.0698. The molecule has 1 unspecified atom stereocenters. The first-order chi connectivity index (χ1) is 8.81. The number of anilines is 1. The topological polar surface area (TPSA) is 89.9 Å². The normalized spacial score (nSPS) is 11.8. The van der Waals surface area contributed by atoms with Gasteiger partial charge < -0.3 is 20.4 Å². The molecule has 1 aromatic carbocycles. The first-order valence-corrected chi connectivity index (χ1v) is 6.33. The number of hydrogen-bond donors (Lipinski definition) is 3. The maximum absolute atomic E-state index is 11.8. The predicted octanol–water partition coefficient (Wildman–Crippen LogP) is 1.99. The number of aliphatic hydroxyl groups is 1. The Bertz CT molecular complexity index is 491. The summed E-state index contributed by atoms with van der Waals surface area (Å²) in [4.78, 5) is 24.2. The zero-order valence-corrected chi connectivity index (χ0v) is 12.1. The van der Waals surface area contributed by atoms with Crippen LogP contribution in [0.1, 0.15) is 17.3 Å². The van der Waals surface area contributed by atoms with Crippen LogP contribution in [0.15, 0.2) is 22.7 Å². The predicted molar refractivity (Wildman–Crippen MR) is 74.4 cm³/mol. The van der Waals surface area contributed by atoms with Gasteiger partial charge in [-0.15, -0.1) is 0 Å². The van der Waals surface area contributed by atoms with Crippen molar-refractivity contribution >= 4 is 33.6 Å². The molecule has 0 aliphatic carbocycles. The molecule has 0 radical (unpaired) electrons. The number of hydrogen-bond acceptors (Lipinski definition) is 3. The van der Waals surface area contributed by atoms with Crippen LogP contribution in [0.25, 0.3) is 0 Å². The van der Waals surface area contributed by atoms with Gasteiger partial charge in [-0.1, -0.05) is 15.9 Å². The van der Waals surface area contributed by atoms with Crippen molar-refractivity contribution in [2.24, 2.45) is 0 Å². The molecular formula is C12H15BrN2O4. The molecule has 0 aliphatic heterocycles. The molecule has 0 saturated heterocycles. The highest BCUT2D eigenvalue weighted by Crippen LogP contribution is 2.21. The Kier molecular flexibility index (Phi) is 5.31. The van der Waals surface area contributed by atoms with Gasteiger partial charge in [0.15, 0.2) is 0 Å². The fraction of sp³-hybridized carbons (Fsp3) is 0.333. The van der Waals surface area contributed by atoms with E-state index in [2.05, 4.69) is 21.2 Å². The Labute approximate surface area is 119 Å². The van der Waals surface area contributed by atoms with Gasteiger partial charge >= 0.3 is 12.0 Å². The van der Waals surface area contributed by atoms with Gasteiger partial charge in [0.05, 0.1) is 17.4 Å². The van der Waals surface area contributed by atoms with Crippen molar-refractivity contribution in [2.75, 3.05) is 18.9 Å². The molecule has 1 atom stereocenters. The number of carbonyl (C=O) groups excluding carboxylic acids is 1. The molecule has 0 bridgehead atoms. The molecule has 0 aliphatic rings. The Morgan fingerprint density at radius 3 is 2.63 bits per heavy atom. The largest absolute Gasteiger partial charge is 0.478 e. The van der Waals surface area contributed by atoms with E-state index >= 15 is 0 Å². The van der Waals surface area contributed by atoms with Crippen LogP contribution in [0.3, 0.4) is 0 Å². The van der Waals surface area contributed by atoms with Gasteiger partial charge in [0.25, 0.3) is 0 Å². The SMILES string of the molecule is CC(O)CN(C)C(=O)Nc1ccc(Br)cc1C(=O)O. The Hall–Kier alpha value is -1.60. The van der Waals surface area contributed by atoms with E-state index in [1.165, 1.54) is 24.1 Å². The summed E-state index contributed by atoms with van der Waals surface area (Å²) in [6.07, 6.45) is -0.653. The van der Waals surface area contributed by atoms with E-state index < -0.39 is 18.1 Å². The van der Waals surface area contributed by atoms with Crippen LogP contribution in [0.4, 0.5) is 10.5 Å². The summed E-state index contributed by atoms with van der Waals surface area (Å²) in [6.45, 7) is 1.72. The van der Waals surface area contributed by atoms with E-state index in [-0.39, 0.29) is 17.8 Å². The molecule has 1 aromatic rings. The molecule has 3 N–H and O–H groups in total. The summed E-state index contributed by atoms with van der Waals surface area (Å²) in [6, 6.07) is 4.07. The van der Waals surface area contributed by atoms with Crippen molar-refractivity contribution in [1.29, 1.82) is 0 Å². The second-order valence-corrected chi connectivity index (χ2v) is 5.07. The van der Waals surface area contributed by atoms with E-state index in [9.17, 15) is 14.7 Å². The van der Waals surface area contributed by atoms with Crippen LogP contribution < -0.4 is 5.32 Å². The van der Waals surface area contributed by atoms with Crippen LogP contribution in [-0.2, 0) is 0 Å². The lowest BCUT2D eigenvalue weighted by Crippen LogP contribution is -2.36. The quantitative estimate of drug-likeness (QED) is 0.787. The highest BCUT2D eigenvalue weighted by molar-refractivity contribution is 9.10. The highest BCUT2D eigenvalue weighted by atomic mass is 79.9. The summed E-state index contributed by atoms with van der Waals surface area (Å²) >= 11 is 3.17. The maximum atomic E-state index is 11.8. The van der Waals surface area contributed by atoms with Gasteiger partial charge in [-0.05, 0) is 25.1 Å². The number of carboxylic acid groups (broad SMARTS) is 1. The van der Waals surface area contributed by atoms with Crippen molar-refractivity contribution in [3.05, 3.63) is 28.2 Å². The van der Waals surface area contributed by atoms with E-state index in [0.717, 1.165) is 0 Å². The number of amides is 2. The summed E-state index contributed by atoms with van der Waals surface area (Å²) in [5.41, 5.74) is 0.200. The number of aliphatic hydroxyl groups excluding tert-OH is 1. The standard InChI is InChI=1S/C12H15BrN2O4/c1-7(16)6-15(2)12(19)14-10-4-3-8(13)5-9(10)11(17)18/h3-5,7,16H,6H2,1-2H3,(H,14,19)(H,17,18). The summed E-state index contributed by atoms with van der Waals surface area (Å²) < 4.78 is 0.611. The minimum Gasteiger partial charge on any atom is -0.478 e. The molecule has 0 aromatic heterocycles. The van der Waals surface area contributed by atoms with Crippen molar-refractivity contribution in [3.8, 4) is 0 Å². The molecule has 0 spiro atoms. The number of carboxylic acids is 1. The van der Waals surface area contributed by atoms with Gasteiger partial charge in [-0.25, -0.2) is 9.59 Å². The van der Waals surface area contributed by atoms with Crippen LogP contribution in [0.2, 0.25) is 0 Å². The van der Waals surface area contributed by atoms with E-state index in [1.54, 1.807) is 13.0 Å². The van der Waals surface area contributed by atoms with Crippen molar-refractivity contribution in [3.63, 3.8) is 0 Å². The number of halogens is 1. The van der Waals surface area contributed by atoms with Crippen LogP contribution in [0, 0.1) is 0 Å². The van der Waals surface area contributed by atoms with Crippen molar-refractivity contribution in [2.45, 2.75) is 13.0 Å². The van der Waals surface area contributed by atoms with Crippen LogP contribution in [-0.4, -0.2) is 46.8 Å². The van der Waals surface area contributed by atoms with Crippen LogP contribution in [0.5, 0.6) is 0 Å². The fourth-order valence-corrected chi connectivity index (χ4v) is 1.85. The monoisotopic (exact) mass is 330 g/mol. The number of aromatic carboxylic acids is 1. The second-order valence-electron chi connectivity index (χ2n) is 4.15. The first-order valence-electron chi connectivity index (χ1n) is 5.54. The van der Waals surface area contributed by atoms with Crippen LogP contribution >= 0.6 is 15.9 Å². The minimum absolute atomic E-state index is 0.00632. The lowest BCUT2D eigenvalue weighted by atomic mass is 10.2. The number of urea groups is 1. The van der Waals surface area contributed by atoms with Gasteiger partial charge in [0.1, 0.15) is 0 Å². The summed E-state index contributed by atoms with van der Waals surface area (Å²) in [5.74, 6) is -1.13. The molecule has 104 valence electrons. The third-order valence-electron chi connectivity index (χ3n) is 2.34. The first kappa shape index (κ1) is 15.5. The lowest BCUT2D eigenvalue weighted by Gasteiger charge is -2.20. The smallest absolute Gasteiger partial charge is 0.337 e. The number of carbonyl (C=O) groups is 2. The number of rotatable bonds is 4. The van der Waals surface area contributed by atoms with Gasteiger partial charge in [-0.3, -0.25) is 0 Å². The second kappa shape index (κ2) is 6.53. The zero-order valence-electron chi connectivity index (χ0n) is 10.6. The molecular weight excluding hydrogens is 316 g/mol. The number of nitrogens with zero attached hydrogens (tertiary/aromatic N) is 1. The fourth-order valence-electron chi connectivity index (χ4n) is 1.49. The van der Waals surface area contributed by atoms with Crippen molar-refractivity contribution < 1.29 is 19.8 Å². The maximum Gasteiger partial charge on any atom is 0.337 e. The molecule has 6 nitrogen and oxygen atoms in total. The number of likely N-dealkylation sites (N-methyl/N-ethyl adjacent to an activating group) is 1. The number of benzene rings is 1. The number of nitrogens with one attached hydrogen (secondary N) is 1. The van der Waals surface area contributed by atoms with Crippen molar-refractivity contribution in [1.82, 2.24) is 4.90 Å². The highest BCUT2D eigenvalue weighted by Gasteiger charge is 2.16. The molecule has 0 saturated carbocycles. The summed E-state index contributed by atoms with van der Waals surface area (Å²) in [5, 5.41) is 20.8. The Balaban J connectivity index is 2.87. The molecule has 7 heteroatoms.